The molecule has 0 aliphatic carbocycles. The molecule has 176 valence electrons. The Kier molecular flexibility index (Phi) is 13.5. The molecular weight excluding hydrogens is 434 g/mol. The van der Waals surface area contributed by atoms with Gasteiger partial charge in [-0.1, -0.05) is 26.7 Å². The summed E-state index contributed by atoms with van der Waals surface area (Å²) in [4.78, 5) is 4.12. The van der Waals surface area contributed by atoms with Crippen LogP contribution in [0, 0.1) is 0 Å². The van der Waals surface area contributed by atoms with E-state index in [1.54, 1.807) is 0 Å². The molecule has 0 fully saturated rings. The summed E-state index contributed by atoms with van der Waals surface area (Å²) in [6, 6.07) is 0. The standard InChI is InChI=1S/C18H42N2O6P2S/c1-11-13-15(19(9)17(3,4)5)23-27-25-29(21,22)26-28-24-16(14-12-2)20(10)18(6,7)8/h15-16,27-28H,11-14H2,1-10H3. The summed E-state index contributed by atoms with van der Waals surface area (Å²) in [6.07, 6.45) is 2.90. The van der Waals surface area contributed by atoms with Crippen molar-refractivity contribution in [3.63, 3.8) is 0 Å². The SMILES string of the molecule is CCCC(OPOS(=O)(=O)OPOC(CCC)N(C)C(C)(C)C)N(C)C(C)(C)C. The summed E-state index contributed by atoms with van der Waals surface area (Å²) >= 11 is 0. The molecular formula is C18H42N2O6P2S. The Hall–Kier alpha value is 0.570. The van der Waals surface area contributed by atoms with Gasteiger partial charge in [-0.15, -0.1) is 0 Å². The molecule has 0 bridgehead atoms. The van der Waals surface area contributed by atoms with Gasteiger partial charge in [-0.3, -0.25) is 9.80 Å². The fraction of sp³-hybridized carbons (Fsp3) is 1.00. The second kappa shape index (κ2) is 13.2. The van der Waals surface area contributed by atoms with Gasteiger partial charge in [-0.25, -0.2) is 0 Å². The normalized spacial score (nSPS) is 16.7. The quantitative estimate of drug-likeness (QED) is 0.255. The maximum atomic E-state index is 12.0. The maximum Gasteiger partial charge on any atom is 0.409 e. The van der Waals surface area contributed by atoms with Gasteiger partial charge in [0.25, 0.3) is 0 Å². The largest absolute Gasteiger partial charge is 0.409 e. The average Bonchev–Trinajstić information content (AvgIpc) is 2.57. The van der Waals surface area contributed by atoms with Crippen molar-refractivity contribution < 1.29 is 25.4 Å². The van der Waals surface area contributed by atoms with Crippen molar-refractivity contribution in [2.24, 2.45) is 0 Å². The molecule has 0 spiro atoms. The van der Waals surface area contributed by atoms with Crippen molar-refractivity contribution >= 4 is 28.5 Å². The number of hydrogen-bond donors (Lipinski definition) is 0. The molecule has 29 heavy (non-hydrogen) atoms. The molecule has 0 saturated carbocycles. The summed E-state index contributed by atoms with van der Waals surface area (Å²) in [7, 11) is -1.65. The van der Waals surface area contributed by atoms with Crippen LogP contribution in [0.4, 0.5) is 0 Å². The molecule has 0 radical (unpaired) electrons. The first-order chi connectivity index (χ1) is 13.2. The second-order valence-electron chi connectivity index (χ2n) is 9.03. The lowest BCUT2D eigenvalue weighted by atomic mass is 10.1. The first-order valence-electron chi connectivity index (χ1n) is 10.0. The van der Waals surface area contributed by atoms with Crippen LogP contribution in [0.1, 0.15) is 81.1 Å². The zero-order chi connectivity index (χ0) is 22.9. The van der Waals surface area contributed by atoms with Crippen LogP contribution in [-0.4, -0.2) is 55.8 Å². The Morgan fingerprint density at radius 2 is 1.07 bits per heavy atom. The van der Waals surface area contributed by atoms with Crippen LogP contribution in [0.15, 0.2) is 0 Å². The molecule has 0 saturated heterocycles. The van der Waals surface area contributed by atoms with Crippen LogP contribution < -0.4 is 0 Å². The third-order valence-electron chi connectivity index (χ3n) is 4.69. The van der Waals surface area contributed by atoms with Crippen molar-refractivity contribution in [2.45, 2.75) is 105 Å². The lowest BCUT2D eigenvalue weighted by molar-refractivity contribution is -0.0138. The zero-order valence-corrected chi connectivity index (χ0v) is 22.6. The van der Waals surface area contributed by atoms with Crippen LogP contribution in [0.25, 0.3) is 0 Å². The Bertz CT molecular complexity index is 510. The van der Waals surface area contributed by atoms with E-state index in [1.807, 2.05) is 14.1 Å². The molecule has 0 aromatic heterocycles. The van der Waals surface area contributed by atoms with Crippen LogP contribution in [0.5, 0.6) is 0 Å². The molecule has 8 nitrogen and oxygen atoms in total. The van der Waals surface area contributed by atoms with E-state index in [2.05, 4.69) is 65.2 Å². The zero-order valence-electron chi connectivity index (χ0n) is 19.7. The van der Waals surface area contributed by atoms with E-state index < -0.39 is 28.5 Å². The van der Waals surface area contributed by atoms with E-state index in [0.717, 1.165) is 25.7 Å². The average molecular weight is 477 g/mol. The topological polar surface area (TPSA) is 77.5 Å². The maximum absolute atomic E-state index is 12.0. The summed E-state index contributed by atoms with van der Waals surface area (Å²) in [5.74, 6) is 0. The fourth-order valence-corrected chi connectivity index (χ4v) is 4.47. The molecule has 0 amide bonds. The molecule has 0 heterocycles. The second-order valence-corrected chi connectivity index (χ2v) is 12.0. The number of rotatable bonds is 14. The summed E-state index contributed by atoms with van der Waals surface area (Å²) < 4.78 is 45.2. The third-order valence-corrected chi connectivity index (χ3v) is 7.61. The highest BCUT2D eigenvalue weighted by Crippen LogP contribution is 2.32. The van der Waals surface area contributed by atoms with Gasteiger partial charge in [0.15, 0.2) is 18.1 Å². The molecule has 0 aliphatic rings. The van der Waals surface area contributed by atoms with E-state index in [1.165, 1.54) is 0 Å². The molecule has 0 aromatic rings. The van der Waals surface area contributed by atoms with Crippen LogP contribution in [-0.2, 0) is 27.4 Å². The lowest BCUT2D eigenvalue weighted by Crippen LogP contribution is -2.45. The number of hydrogen-bond acceptors (Lipinski definition) is 8. The molecule has 0 N–H and O–H groups in total. The van der Waals surface area contributed by atoms with Gasteiger partial charge in [0, 0.05) is 11.1 Å². The number of nitrogens with zero attached hydrogens (tertiary/aromatic N) is 2. The Labute approximate surface area is 182 Å². The van der Waals surface area contributed by atoms with Gasteiger partial charge in [0.2, 0.25) is 0 Å². The van der Waals surface area contributed by atoms with Crippen molar-refractivity contribution in [2.75, 3.05) is 14.1 Å². The van der Waals surface area contributed by atoms with E-state index in [9.17, 15) is 8.42 Å². The minimum absolute atomic E-state index is 0.109. The van der Waals surface area contributed by atoms with Gasteiger partial charge < -0.3 is 9.05 Å². The van der Waals surface area contributed by atoms with Gasteiger partial charge >= 0.3 is 10.4 Å². The highest BCUT2D eigenvalue weighted by atomic mass is 32.3. The third kappa shape index (κ3) is 12.3. The van der Waals surface area contributed by atoms with Gasteiger partial charge in [0.1, 0.15) is 12.5 Å². The molecule has 11 heteroatoms. The Morgan fingerprint density at radius 3 is 1.31 bits per heavy atom. The molecule has 0 aromatic carbocycles. The van der Waals surface area contributed by atoms with Crippen molar-refractivity contribution in [3.8, 4) is 0 Å². The Morgan fingerprint density at radius 1 is 0.759 bits per heavy atom. The van der Waals surface area contributed by atoms with Crippen molar-refractivity contribution in [1.29, 1.82) is 0 Å². The highest BCUT2D eigenvalue weighted by Gasteiger charge is 2.28. The van der Waals surface area contributed by atoms with E-state index in [4.69, 9.17) is 17.0 Å². The molecule has 4 atom stereocenters. The fourth-order valence-electron chi connectivity index (χ4n) is 2.27. The van der Waals surface area contributed by atoms with Crippen molar-refractivity contribution in [1.82, 2.24) is 9.80 Å². The summed E-state index contributed by atoms with van der Waals surface area (Å²) in [6.45, 7) is 16.5. The molecule has 0 rings (SSSR count). The summed E-state index contributed by atoms with van der Waals surface area (Å²) in [5.41, 5.74) is -0.218. The predicted molar refractivity (Wildman–Crippen MR) is 122 cm³/mol. The molecule has 0 aliphatic heterocycles. The van der Waals surface area contributed by atoms with Crippen LogP contribution in [0.3, 0.4) is 0 Å². The first kappa shape index (κ1) is 29.6. The Balaban J connectivity index is 4.61. The predicted octanol–water partition coefficient (Wildman–Crippen LogP) is 5.03. The van der Waals surface area contributed by atoms with E-state index in [0.29, 0.717) is 0 Å². The van der Waals surface area contributed by atoms with Gasteiger partial charge in [-0.2, -0.15) is 16.4 Å². The monoisotopic (exact) mass is 476 g/mol. The van der Waals surface area contributed by atoms with Crippen LogP contribution in [0.2, 0.25) is 0 Å². The lowest BCUT2D eigenvalue weighted by Gasteiger charge is -2.38. The van der Waals surface area contributed by atoms with Gasteiger partial charge in [-0.05, 0) is 68.5 Å². The first-order valence-corrected chi connectivity index (χ1v) is 13.0. The van der Waals surface area contributed by atoms with E-state index in [-0.39, 0.29) is 23.5 Å². The van der Waals surface area contributed by atoms with Crippen molar-refractivity contribution in [3.05, 3.63) is 0 Å². The smallest absolute Gasteiger partial charge is 0.316 e. The van der Waals surface area contributed by atoms with Gasteiger partial charge in [0.05, 0.1) is 0 Å². The summed E-state index contributed by atoms with van der Waals surface area (Å²) in [5, 5.41) is 0. The minimum atomic E-state index is -4.19. The van der Waals surface area contributed by atoms with Crippen LogP contribution >= 0.6 is 18.1 Å². The van der Waals surface area contributed by atoms with E-state index >= 15 is 0 Å². The minimum Gasteiger partial charge on any atom is -0.316 e. The highest BCUT2D eigenvalue weighted by molar-refractivity contribution is 7.87. The molecule has 4 unspecified atom stereocenters.